The maximum Gasteiger partial charge on any atom is -0.0351 e. The van der Waals surface area contributed by atoms with Crippen molar-refractivity contribution in [3.8, 4) is 0 Å². The molecule has 0 amide bonds. The summed E-state index contributed by atoms with van der Waals surface area (Å²) >= 11 is 0. The Morgan fingerprint density at radius 2 is 1.21 bits per heavy atom. The highest BCUT2D eigenvalue weighted by Crippen LogP contribution is 2.14. The monoisotopic (exact) mass is 266 g/mol. The topological polar surface area (TPSA) is 0 Å². The van der Waals surface area contributed by atoms with Crippen molar-refractivity contribution in [2.24, 2.45) is 5.92 Å². The molecule has 0 saturated heterocycles. The second-order valence-electron chi connectivity index (χ2n) is 6.21. The van der Waals surface area contributed by atoms with Crippen LogP contribution in [-0.2, 0) is 0 Å². The van der Waals surface area contributed by atoms with Crippen LogP contribution in [0.15, 0.2) is 12.2 Å². The normalized spacial score (nSPS) is 13.2. The zero-order chi connectivity index (χ0) is 14.2. The van der Waals surface area contributed by atoms with Crippen molar-refractivity contribution in [3.63, 3.8) is 0 Å². The summed E-state index contributed by atoms with van der Waals surface area (Å²) in [5, 5.41) is 0. The van der Waals surface area contributed by atoms with E-state index in [1.165, 1.54) is 83.5 Å². The van der Waals surface area contributed by atoms with Crippen molar-refractivity contribution >= 4 is 0 Å². The van der Waals surface area contributed by atoms with Gasteiger partial charge < -0.3 is 0 Å². The van der Waals surface area contributed by atoms with Crippen LogP contribution in [0.25, 0.3) is 0 Å². The van der Waals surface area contributed by atoms with Crippen LogP contribution in [-0.4, -0.2) is 0 Å². The number of unbranched alkanes of at least 4 members (excludes halogenated alkanes) is 8. The maximum atomic E-state index is 2.41. The average molecular weight is 267 g/mol. The fourth-order valence-corrected chi connectivity index (χ4v) is 2.67. The van der Waals surface area contributed by atoms with Gasteiger partial charge in [0.15, 0.2) is 0 Å². The summed E-state index contributed by atoms with van der Waals surface area (Å²) in [5.41, 5.74) is 0. The van der Waals surface area contributed by atoms with Crippen LogP contribution >= 0.6 is 0 Å². The third-order valence-electron chi connectivity index (χ3n) is 3.99. The Kier molecular flexibility index (Phi) is 15.6. The van der Waals surface area contributed by atoms with Crippen LogP contribution < -0.4 is 0 Å². The molecule has 0 heteroatoms. The highest BCUT2D eigenvalue weighted by atomic mass is 14.0. The Morgan fingerprint density at radius 1 is 0.632 bits per heavy atom. The Balaban J connectivity index is 3.13. The molecule has 0 aromatic heterocycles. The van der Waals surface area contributed by atoms with Crippen LogP contribution in [0, 0.1) is 5.92 Å². The van der Waals surface area contributed by atoms with Gasteiger partial charge in [-0.3, -0.25) is 0 Å². The molecule has 0 aliphatic carbocycles. The molecule has 0 saturated carbocycles. The first-order valence-corrected chi connectivity index (χ1v) is 8.96. The molecule has 0 radical (unpaired) electrons. The van der Waals surface area contributed by atoms with Crippen LogP contribution in [0.4, 0.5) is 0 Å². The minimum atomic E-state index is 0.942. The van der Waals surface area contributed by atoms with Crippen LogP contribution in [0.2, 0.25) is 0 Å². The number of hydrogen-bond donors (Lipinski definition) is 0. The van der Waals surface area contributed by atoms with E-state index in [0.29, 0.717) is 0 Å². The minimum Gasteiger partial charge on any atom is -0.0885 e. The Hall–Kier alpha value is -0.260. The van der Waals surface area contributed by atoms with Gasteiger partial charge in [-0.15, -0.1) is 0 Å². The minimum absolute atomic E-state index is 0.942. The van der Waals surface area contributed by atoms with Crippen molar-refractivity contribution in [1.29, 1.82) is 0 Å². The largest absolute Gasteiger partial charge is 0.0885 e. The van der Waals surface area contributed by atoms with Crippen molar-refractivity contribution in [2.45, 2.75) is 104 Å². The molecule has 0 N–H and O–H groups in total. The van der Waals surface area contributed by atoms with Crippen molar-refractivity contribution < 1.29 is 0 Å². The Labute approximate surface area is 123 Å². The molecule has 19 heavy (non-hydrogen) atoms. The molecule has 114 valence electrons. The van der Waals surface area contributed by atoms with Gasteiger partial charge in [-0.05, 0) is 31.6 Å². The SMILES string of the molecule is CCCCCCCCC=CCCCCC(C)CCC. The van der Waals surface area contributed by atoms with E-state index in [0.717, 1.165) is 5.92 Å². The van der Waals surface area contributed by atoms with Gasteiger partial charge in [-0.1, -0.05) is 90.7 Å². The number of rotatable bonds is 14. The number of allylic oxidation sites excluding steroid dienone is 2. The average Bonchev–Trinajstić information content (AvgIpc) is 2.40. The summed E-state index contributed by atoms with van der Waals surface area (Å²) in [4.78, 5) is 0. The van der Waals surface area contributed by atoms with Gasteiger partial charge in [0.1, 0.15) is 0 Å². The van der Waals surface area contributed by atoms with E-state index in [-0.39, 0.29) is 0 Å². The van der Waals surface area contributed by atoms with E-state index in [4.69, 9.17) is 0 Å². The second kappa shape index (κ2) is 15.8. The van der Waals surface area contributed by atoms with Crippen molar-refractivity contribution in [2.75, 3.05) is 0 Å². The standard InChI is InChI=1S/C19H38/c1-4-6-7-8-9-10-11-12-13-14-15-16-18-19(3)17-5-2/h12-13,19H,4-11,14-18H2,1-3H3. The van der Waals surface area contributed by atoms with E-state index in [1.807, 2.05) is 0 Å². The first kappa shape index (κ1) is 18.7. The van der Waals surface area contributed by atoms with Crippen LogP contribution in [0.3, 0.4) is 0 Å². The lowest BCUT2D eigenvalue weighted by Crippen LogP contribution is -1.93. The zero-order valence-corrected chi connectivity index (χ0v) is 13.9. The summed E-state index contributed by atoms with van der Waals surface area (Å²) in [7, 11) is 0. The first-order valence-electron chi connectivity index (χ1n) is 8.96. The Morgan fingerprint density at radius 3 is 1.84 bits per heavy atom. The predicted molar refractivity (Wildman–Crippen MR) is 89.7 cm³/mol. The summed E-state index contributed by atoms with van der Waals surface area (Å²) < 4.78 is 0. The van der Waals surface area contributed by atoms with Gasteiger partial charge in [0.2, 0.25) is 0 Å². The quantitative estimate of drug-likeness (QED) is 0.229. The first-order chi connectivity index (χ1) is 9.31. The van der Waals surface area contributed by atoms with Crippen molar-refractivity contribution in [3.05, 3.63) is 12.2 Å². The molecule has 0 spiro atoms. The number of hydrogen-bond acceptors (Lipinski definition) is 0. The molecule has 0 heterocycles. The van der Waals surface area contributed by atoms with Gasteiger partial charge in [0, 0.05) is 0 Å². The summed E-state index contributed by atoms with van der Waals surface area (Å²) in [6.07, 6.45) is 22.9. The third-order valence-corrected chi connectivity index (χ3v) is 3.99. The molecule has 0 aromatic rings. The molecule has 0 nitrogen and oxygen atoms in total. The van der Waals surface area contributed by atoms with Gasteiger partial charge in [-0.2, -0.15) is 0 Å². The molecule has 1 unspecified atom stereocenters. The molecule has 1 atom stereocenters. The molecular weight excluding hydrogens is 228 g/mol. The molecule has 0 rings (SSSR count). The highest BCUT2D eigenvalue weighted by molar-refractivity contribution is 4.81. The van der Waals surface area contributed by atoms with E-state index in [1.54, 1.807) is 0 Å². The smallest absolute Gasteiger partial charge is 0.0351 e. The van der Waals surface area contributed by atoms with E-state index in [2.05, 4.69) is 32.9 Å². The van der Waals surface area contributed by atoms with E-state index in [9.17, 15) is 0 Å². The zero-order valence-electron chi connectivity index (χ0n) is 13.9. The fourth-order valence-electron chi connectivity index (χ4n) is 2.67. The van der Waals surface area contributed by atoms with Gasteiger partial charge in [0.05, 0.1) is 0 Å². The third kappa shape index (κ3) is 15.7. The molecule has 0 bridgehead atoms. The van der Waals surface area contributed by atoms with Crippen LogP contribution in [0.5, 0.6) is 0 Å². The van der Waals surface area contributed by atoms with Gasteiger partial charge in [0.25, 0.3) is 0 Å². The molecule has 0 aliphatic rings. The maximum absolute atomic E-state index is 2.41. The summed E-state index contributed by atoms with van der Waals surface area (Å²) in [5.74, 6) is 0.942. The second-order valence-corrected chi connectivity index (χ2v) is 6.21. The van der Waals surface area contributed by atoms with Crippen LogP contribution in [0.1, 0.15) is 104 Å². The molecule has 0 fully saturated rings. The van der Waals surface area contributed by atoms with E-state index >= 15 is 0 Å². The summed E-state index contributed by atoms with van der Waals surface area (Å²) in [6.45, 7) is 6.98. The van der Waals surface area contributed by atoms with Gasteiger partial charge >= 0.3 is 0 Å². The molecular formula is C19H38. The van der Waals surface area contributed by atoms with Gasteiger partial charge in [-0.25, -0.2) is 0 Å². The molecule has 0 aliphatic heterocycles. The highest BCUT2D eigenvalue weighted by Gasteiger charge is 1.98. The fraction of sp³-hybridized carbons (Fsp3) is 0.895. The lowest BCUT2D eigenvalue weighted by molar-refractivity contribution is 0.462. The lowest BCUT2D eigenvalue weighted by Gasteiger charge is -2.08. The van der Waals surface area contributed by atoms with Crippen molar-refractivity contribution in [1.82, 2.24) is 0 Å². The predicted octanol–water partition coefficient (Wildman–Crippen LogP) is 7.29. The lowest BCUT2D eigenvalue weighted by atomic mass is 9.98. The summed E-state index contributed by atoms with van der Waals surface area (Å²) in [6, 6.07) is 0. The van der Waals surface area contributed by atoms with E-state index < -0.39 is 0 Å². The molecule has 0 aromatic carbocycles. The Bertz CT molecular complexity index is 180.